The fourth-order valence-corrected chi connectivity index (χ4v) is 3.36. The molecule has 5 atom stereocenters. The zero-order valence-electron chi connectivity index (χ0n) is 19.4. The van der Waals surface area contributed by atoms with Gasteiger partial charge in [-0.2, -0.15) is 0 Å². The Balaban J connectivity index is 2.52. The van der Waals surface area contributed by atoms with Crippen LogP contribution in [0.15, 0.2) is 24.3 Å². The molecule has 1 aromatic rings. The van der Waals surface area contributed by atoms with Crippen molar-refractivity contribution in [1.29, 1.82) is 0 Å². The molecule has 0 saturated carbocycles. The minimum atomic E-state index is -1.36. The minimum Gasteiger partial charge on any atom is -0.465 e. The largest absolute Gasteiger partial charge is 0.465 e. The van der Waals surface area contributed by atoms with Crippen LogP contribution >= 0.6 is 0 Å². The van der Waals surface area contributed by atoms with Gasteiger partial charge in [-0.25, -0.2) is 4.79 Å². The number of esters is 4. The Morgan fingerprint density at radius 3 is 2.09 bits per heavy atom. The summed E-state index contributed by atoms with van der Waals surface area (Å²) in [6.07, 6.45) is -5.04. The number of carbonyl (C=O) groups is 5. The van der Waals surface area contributed by atoms with Crippen molar-refractivity contribution in [3.8, 4) is 5.75 Å². The Bertz CT molecular complexity index is 931. The smallest absolute Gasteiger partial charge is 0.341 e. The van der Waals surface area contributed by atoms with Crippen LogP contribution in [0.25, 0.3) is 0 Å². The first-order valence-corrected chi connectivity index (χ1v) is 10.3. The van der Waals surface area contributed by atoms with E-state index in [-0.39, 0.29) is 17.9 Å². The molecular weight excluding hydrogens is 454 g/mol. The number of ether oxygens (including phenoxy) is 6. The molecule has 1 N–H and O–H groups in total. The summed E-state index contributed by atoms with van der Waals surface area (Å²) in [5.41, 5.74) is 0.0675. The molecule has 2 rings (SSSR count). The molecule has 0 spiro atoms. The fourth-order valence-electron chi connectivity index (χ4n) is 3.36. The number of hydrogen-bond acceptors (Lipinski definition) is 11. The summed E-state index contributed by atoms with van der Waals surface area (Å²) in [7, 11) is 1.20. The average molecular weight is 481 g/mol. The minimum absolute atomic E-state index is 0.0495. The number of benzene rings is 1. The van der Waals surface area contributed by atoms with Gasteiger partial charge in [0.05, 0.1) is 7.11 Å². The third kappa shape index (κ3) is 7.17. The van der Waals surface area contributed by atoms with E-state index in [4.69, 9.17) is 28.4 Å². The van der Waals surface area contributed by atoms with Gasteiger partial charge in [0.15, 0.2) is 12.2 Å². The van der Waals surface area contributed by atoms with Crippen LogP contribution in [0.2, 0.25) is 0 Å². The zero-order valence-corrected chi connectivity index (χ0v) is 19.4. The molecule has 1 aromatic carbocycles. The first-order valence-electron chi connectivity index (χ1n) is 10.3. The Labute approximate surface area is 195 Å². The van der Waals surface area contributed by atoms with Crippen LogP contribution < -0.4 is 10.1 Å². The van der Waals surface area contributed by atoms with Crippen molar-refractivity contribution >= 4 is 29.8 Å². The normalized spacial score (nSPS) is 23.7. The molecule has 34 heavy (non-hydrogen) atoms. The van der Waals surface area contributed by atoms with Gasteiger partial charge in [0.25, 0.3) is 0 Å². The van der Waals surface area contributed by atoms with Crippen LogP contribution in [-0.2, 0) is 42.9 Å². The predicted octanol–water partition coefficient (Wildman–Crippen LogP) is 0.508. The number of rotatable bonds is 8. The van der Waals surface area contributed by atoms with E-state index in [0.29, 0.717) is 0 Å². The highest BCUT2D eigenvalue weighted by Crippen LogP contribution is 2.30. The molecule has 0 radical (unpaired) electrons. The van der Waals surface area contributed by atoms with Crippen molar-refractivity contribution in [3.05, 3.63) is 29.8 Å². The third-order valence-electron chi connectivity index (χ3n) is 4.61. The Morgan fingerprint density at radius 1 is 0.912 bits per heavy atom. The van der Waals surface area contributed by atoms with E-state index in [1.807, 2.05) is 0 Å². The maximum Gasteiger partial charge on any atom is 0.341 e. The summed E-state index contributed by atoms with van der Waals surface area (Å²) in [6.45, 7) is 4.28. The maximum absolute atomic E-state index is 12.2. The van der Waals surface area contributed by atoms with Gasteiger partial charge in [0.2, 0.25) is 12.2 Å². The van der Waals surface area contributed by atoms with E-state index >= 15 is 0 Å². The fraction of sp³-hybridized carbons (Fsp3) is 0.500. The van der Waals surface area contributed by atoms with Crippen molar-refractivity contribution < 1.29 is 52.4 Å². The van der Waals surface area contributed by atoms with E-state index in [1.54, 1.807) is 12.1 Å². The van der Waals surface area contributed by atoms with Crippen LogP contribution in [0, 0.1) is 0 Å². The van der Waals surface area contributed by atoms with Gasteiger partial charge in [0, 0.05) is 27.7 Å². The summed E-state index contributed by atoms with van der Waals surface area (Å²) < 4.78 is 32.3. The molecule has 1 saturated heterocycles. The maximum atomic E-state index is 12.2. The number of nitrogens with one attached hydrogen (secondary N) is 1. The van der Waals surface area contributed by atoms with Gasteiger partial charge in [-0.05, 0) is 12.1 Å². The van der Waals surface area contributed by atoms with Gasteiger partial charge >= 0.3 is 23.9 Å². The van der Waals surface area contributed by atoms with Crippen LogP contribution in [0.4, 0.5) is 0 Å². The van der Waals surface area contributed by atoms with Crippen molar-refractivity contribution in [1.82, 2.24) is 5.32 Å². The molecule has 1 aliphatic heterocycles. The molecule has 0 unspecified atom stereocenters. The predicted molar refractivity (Wildman–Crippen MR) is 112 cm³/mol. The van der Waals surface area contributed by atoms with Crippen molar-refractivity contribution in [2.24, 2.45) is 0 Å². The average Bonchev–Trinajstić information content (AvgIpc) is 2.75. The summed E-state index contributed by atoms with van der Waals surface area (Å²) >= 11 is 0. The van der Waals surface area contributed by atoms with Crippen molar-refractivity contribution in [3.63, 3.8) is 0 Å². The molecular formula is C22H27NO11. The number of methoxy groups -OCH3 is 1. The van der Waals surface area contributed by atoms with E-state index in [9.17, 15) is 24.0 Å². The third-order valence-corrected chi connectivity index (χ3v) is 4.61. The van der Waals surface area contributed by atoms with E-state index in [0.717, 1.165) is 13.8 Å². The van der Waals surface area contributed by atoms with Gasteiger partial charge in [0.1, 0.15) is 30.1 Å². The second kappa shape index (κ2) is 12.0. The number of para-hydroxylation sites is 1. The molecule has 0 aliphatic carbocycles. The zero-order chi connectivity index (χ0) is 25.4. The van der Waals surface area contributed by atoms with Crippen LogP contribution in [0.5, 0.6) is 5.75 Å². The highest BCUT2D eigenvalue weighted by atomic mass is 16.7. The molecule has 1 amide bonds. The standard InChI is InChI=1S/C22H27NO11/c1-11(24)23-18-20(32-14(4)27)19(31-13(3)26)17(10-30-12(2)25)34-22(18)33-16-9-7-6-8-15(16)21(28)29-5/h6-9,17-20,22H,10H2,1-5H3,(H,23,24)/t17-,18+,19-,20+,22-/m1/s1. The molecule has 0 bridgehead atoms. The second-order valence-electron chi connectivity index (χ2n) is 7.33. The lowest BCUT2D eigenvalue weighted by Gasteiger charge is -2.44. The van der Waals surface area contributed by atoms with Crippen molar-refractivity contribution in [2.75, 3.05) is 13.7 Å². The molecule has 1 heterocycles. The topological polar surface area (TPSA) is 153 Å². The number of hydrogen-bond donors (Lipinski definition) is 1. The van der Waals surface area contributed by atoms with E-state index in [1.165, 1.54) is 33.1 Å². The van der Waals surface area contributed by atoms with Crippen LogP contribution in [0.3, 0.4) is 0 Å². The molecule has 1 aliphatic rings. The first kappa shape index (κ1) is 26.6. The lowest BCUT2D eigenvalue weighted by Crippen LogP contribution is -2.67. The second-order valence-corrected chi connectivity index (χ2v) is 7.33. The van der Waals surface area contributed by atoms with Gasteiger partial charge < -0.3 is 33.7 Å². The monoisotopic (exact) mass is 481 g/mol. The summed E-state index contributed by atoms with van der Waals surface area (Å²) in [5, 5.41) is 2.58. The highest BCUT2D eigenvalue weighted by molar-refractivity contribution is 5.92. The van der Waals surface area contributed by atoms with Gasteiger partial charge in [-0.15, -0.1) is 0 Å². The Morgan fingerprint density at radius 2 is 1.53 bits per heavy atom. The highest BCUT2D eigenvalue weighted by Gasteiger charge is 2.52. The SMILES string of the molecule is COC(=O)c1ccccc1O[C@@H]1O[C@H](COC(C)=O)[C@@H](OC(C)=O)[C@@H](OC(C)=O)[C@@H]1NC(C)=O. The van der Waals surface area contributed by atoms with Crippen molar-refractivity contribution in [2.45, 2.75) is 58.3 Å². The molecule has 0 aromatic heterocycles. The van der Waals surface area contributed by atoms with Crippen LogP contribution in [-0.4, -0.2) is 74.1 Å². The van der Waals surface area contributed by atoms with Gasteiger partial charge in [-0.3, -0.25) is 19.2 Å². The molecule has 186 valence electrons. The summed E-state index contributed by atoms with van der Waals surface area (Å²) in [5.74, 6) is -3.26. The number of amides is 1. The molecule has 12 nitrogen and oxygen atoms in total. The Hall–Kier alpha value is -3.67. The lowest BCUT2D eigenvalue weighted by molar-refractivity contribution is -0.257. The quantitative estimate of drug-likeness (QED) is 0.408. The van der Waals surface area contributed by atoms with E-state index < -0.39 is 60.4 Å². The first-order chi connectivity index (χ1) is 16.0. The summed E-state index contributed by atoms with van der Waals surface area (Å²) in [6, 6.07) is 4.94. The van der Waals surface area contributed by atoms with Crippen LogP contribution in [0.1, 0.15) is 38.1 Å². The molecule has 1 fully saturated rings. The summed E-state index contributed by atoms with van der Waals surface area (Å²) in [4.78, 5) is 59.2. The Kier molecular flexibility index (Phi) is 9.36. The van der Waals surface area contributed by atoms with Gasteiger partial charge in [-0.1, -0.05) is 12.1 Å². The van der Waals surface area contributed by atoms with E-state index in [2.05, 4.69) is 5.32 Å². The number of carbonyl (C=O) groups excluding carboxylic acids is 5. The lowest BCUT2D eigenvalue weighted by atomic mass is 9.96. The molecule has 12 heteroatoms.